The van der Waals surface area contributed by atoms with Crippen LogP contribution in [0.5, 0.6) is 0 Å². The van der Waals surface area contributed by atoms with Crippen LogP contribution < -0.4 is 0 Å². The van der Waals surface area contributed by atoms with E-state index in [-0.39, 0.29) is 30.2 Å². The Balaban J connectivity index is 1.77. The number of halogens is 1. The number of amides is 2. The van der Waals surface area contributed by atoms with Gasteiger partial charge < -0.3 is 9.80 Å². The summed E-state index contributed by atoms with van der Waals surface area (Å²) in [6.07, 6.45) is 1.78. The smallest absolute Gasteiger partial charge is 0.253 e. The molecule has 2 amide bonds. The lowest BCUT2D eigenvalue weighted by Crippen LogP contribution is -2.51. The molecule has 0 aliphatic carbocycles. The third-order valence-electron chi connectivity index (χ3n) is 6.75. The average Bonchev–Trinajstić information content (AvgIpc) is 2.88. The number of nitrogens with zero attached hydrogens (tertiary/aromatic N) is 3. The normalized spacial score (nSPS) is 14.8. The van der Waals surface area contributed by atoms with Crippen molar-refractivity contribution in [2.24, 2.45) is 0 Å². The highest BCUT2D eigenvalue weighted by molar-refractivity contribution is 7.89. The highest BCUT2D eigenvalue weighted by atomic mass is 32.2. The van der Waals surface area contributed by atoms with Gasteiger partial charge in [-0.2, -0.15) is 4.31 Å². The van der Waals surface area contributed by atoms with Crippen LogP contribution in [0.25, 0.3) is 0 Å². The Labute approximate surface area is 213 Å². The van der Waals surface area contributed by atoms with E-state index in [0.29, 0.717) is 51.0 Å². The minimum absolute atomic E-state index is 0.0536. The van der Waals surface area contributed by atoms with Crippen molar-refractivity contribution in [1.82, 2.24) is 14.1 Å². The predicted molar refractivity (Wildman–Crippen MR) is 138 cm³/mol. The molecular formula is C27H36FN3O4S. The number of sulfonamides is 1. The van der Waals surface area contributed by atoms with Crippen molar-refractivity contribution in [3.8, 4) is 0 Å². The highest BCUT2D eigenvalue weighted by Crippen LogP contribution is 2.23. The van der Waals surface area contributed by atoms with Gasteiger partial charge in [0.25, 0.3) is 5.91 Å². The van der Waals surface area contributed by atoms with Gasteiger partial charge in [0.1, 0.15) is 5.82 Å². The van der Waals surface area contributed by atoms with Crippen LogP contribution >= 0.6 is 0 Å². The van der Waals surface area contributed by atoms with Crippen LogP contribution in [0.4, 0.5) is 4.39 Å². The van der Waals surface area contributed by atoms with Gasteiger partial charge in [0.15, 0.2) is 0 Å². The van der Waals surface area contributed by atoms with Crippen LogP contribution in [-0.4, -0.2) is 72.3 Å². The number of carbonyl (C=O) groups excluding carboxylic acids is 2. The van der Waals surface area contributed by atoms with Gasteiger partial charge in [0.05, 0.1) is 12.3 Å². The second-order valence-corrected chi connectivity index (χ2v) is 11.5. The van der Waals surface area contributed by atoms with Gasteiger partial charge in [0.2, 0.25) is 15.9 Å². The molecule has 36 heavy (non-hydrogen) atoms. The van der Waals surface area contributed by atoms with E-state index < -0.39 is 15.8 Å². The molecule has 0 atom stereocenters. The second kappa shape index (κ2) is 12.5. The van der Waals surface area contributed by atoms with Crippen LogP contribution in [0.2, 0.25) is 0 Å². The number of rotatable bonds is 10. The first-order valence-corrected chi connectivity index (χ1v) is 14.1. The molecule has 1 fully saturated rings. The summed E-state index contributed by atoms with van der Waals surface area (Å²) in [5.41, 5.74) is 2.50. The van der Waals surface area contributed by atoms with Crippen molar-refractivity contribution in [3.63, 3.8) is 0 Å². The van der Waals surface area contributed by atoms with Crippen molar-refractivity contribution in [2.75, 3.05) is 31.9 Å². The molecule has 7 nitrogen and oxygen atoms in total. The fourth-order valence-corrected chi connectivity index (χ4v) is 5.67. The summed E-state index contributed by atoms with van der Waals surface area (Å²) in [7, 11) is -3.51. The fraction of sp³-hybridized carbons (Fsp3) is 0.481. The summed E-state index contributed by atoms with van der Waals surface area (Å²) in [6.45, 7) is 6.88. The van der Waals surface area contributed by atoms with Gasteiger partial charge in [-0.1, -0.05) is 31.2 Å². The Morgan fingerprint density at radius 3 is 2.25 bits per heavy atom. The summed E-state index contributed by atoms with van der Waals surface area (Å²) in [4.78, 5) is 30.0. The van der Waals surface area contributed by atoms with Gasteiger partial charge in [0, 0.05) is 37.8 Å². The zero-order valence-corrected chi connectivity index (χ0v) is 22.1. The quantitative estimate of drug-likeness (QED) is 0.480. The minimum atomic E-state index is -3.51. The summed E-state index contributed by atoms with van der Waals surface area (Å²) < 4.78 is 39.7. The molecule has 1 saturated heterocycles. The fourth-order valence-electron chi connectivity index (χ4n) is 4.54. The average molecular weight is 518 g/mol. The lowest BCUT2D eigenvalue weighted by Gasteiger charge is -2.39. The molecule has 2 aromatic rings. The number of hydrogen-bond donors (Lipinski definition) is 0. The Morgan fingerprint density at radius 1 is 1.03 bits per heavy atom. The minimum Gasteiger partial charge on any atom is -0.338 e. The molecule has 0 N–H and O–H groups in total. The van der Waals surface area contributed by atoms with Crippen LogP contribution in [-0.2, 0) is 21.4 Å². The number of piperidine rings is 1. The summed E-state index contributed by atoms with van der Waals surface area (Å²) in [5.74, 6) is -0.833. The van der Waals surface area contributed by atoms with Gasteiger partial charge >= 0.3 is 0 Å². The van der Waals surface area contributed by atoms with E-state index in [9.17, 15) is 22.4 Å². The van der Waals surface area contributed by atoms with Gasteiger partial charge in [-0.15, -0.1) is 0 Å². The van der Waals surface area contributed by atoms with Crippen molar-refractivity contribution in [1.29, 1.82) is 0 Å². The second-order valence-electron chi connectivity index (χ2n) is 9.21. The van der Waals surface area contributed by atoms with E-state index in [1.165, 1.54) is 28.6 Å². The van der Waals surface area contributed by atoms with Crippen LogP contribution in [0.1, 0.15) is 54.6 Å². The Morgan fingerprint density at radius 2 is 1.67 bits per heavy atom. The molecular weight excluding hydrogens is 481 g/mol. The zero-order chi connectivity index (χ0) is 26.3. The summed E-state index contributed by atoms with van der Waals surface area (Å²) >= 11 is 0. The number of benzene rings is 2. The van der Waals surface area contributed by atoms with Crippen LogP contribution in [0.3, 0.4) is 0 Å². The topological polar surface area (TPSA) is 78.0 Å². The number of likely N-dealkylation sites (tertiary alicyclic amines) is 1. The molecule has 1 heterocycles. The molecule has 0 bridgehead atoms. The molecule has 0 spiro atoms. The van der Waals surface area contributed by atoms with E-state index in [1.807, 2.05) is 38.1 Å². The first kappa shape index (κ1) is 27.8. The van der Waals surface area contributed by atoms with Crippen molar-refractivity contribution < 1.29 is 22.4 Å². The molecule has 3 rings (SSSR count). The lowest BCUT2D eigenvalue weighted by molar-refractivity contribution is -0.135. The molecule has 1 aliphatic heterocycles. The summed E-state index contributed by atoms with van der Waals surface area (Å²) in [5, 5.41) is 0. The number of aryl methyl sites for hydroxylation is 1. The molecule has 9 heteroatoms. The van der Waals surface area contributed by atoms with Crippen molar-refractivity contribution in [3.05, 3.63) is 71.0 Å². The van der Waals surface area contributed by atoms with E-state index in [0.717, 1.165) is 11.1 Å². The Kier molecular flexibility index (Phi) is 9.62. The van der Waals surface area contributed by atoms with Gasteiger partial charge in [-0.3, -0.25) is 9.59 Å². The standard InChI is InChI=1S/C27H36FN3O4S/c1-4-16-30(36(34,35)5-2)20-26(32)31(19-23-9-7-6-8-21(23)3)25-14-17-29(18-15-25)27(33)22-10-12-24(28)13-11-22/h6-13,25H,4-5,14-20H2,1-3H3. The van der Waals surface area contributed by atoms with Crippen LogP contribution in [0, 0.1) is 12.7 Å². The Hall–Kier alpha value is -2.78. The number of hydrogen-bond acceptors (Lipinski definition) is 4. The van der Waals surface area contributed by atoms with E-state index in [2.05, 4.69) is 0 Å². The maximum atomic E-state index is 13.6. The zero-order valence-electron chi connectivity index (χ0n) is 21.3. The maximum Gasteiger partial charge on any atom is 0.253 e. The van der Waals surface area contributed by atoms with Crippen LogP contribution in [0.15, 0.2) is 48.5 Å². The molecule has 2 aromatic carbocycles. The van der Waals surface area contributed by atoms with E-state index in [1.54, 1.807) is 16.7 Å². The summed E-state index contributed by atoms with van der Waals surface area (Å²) in [6, 6.07) is 13.2. The molecule has 1 aliphatic rings. The molecule has 196 valence electrons. The first-order valence-electron chi connectivity index (χ1n) is 12.5. The third kappa shape index (κ3) is 6.91. The van der Waals surface area contributed by atoms with Crippen molar-refractivity contribution >= 4 is 21.8 Å². The first-order chi connectivity index (χ1) is 17.2. The molecule has 0 radical (unpaired) electrons. The van der Waals surface area contributed by atoms with Gasteiger partial charge in [-0.25, -0.2) is 12.8 Å². The largest absolute Gasteiger partial charge is 0.338 e. The SMILES string of the molecule is CCCN(CC(=O)N(Cc1ccccc1C)C1CCN(C(=O)c2ccc(F)cc2)CC1)S(=O)(=O)CC. The van der Waals surface area contributed by atoms with E-state index in [4.69, 9.17) is 0 Å². The third-order valence-corrected chi connectivity index (χ3v) is 8.58. The molecule has 0 unspecified atom stereocenters. The molecule has 0 saturated carbocycles. The lowest BCUT2D eigenvalue weighted by atomic mass is 10.00. The number of carbonyl (C=O) groups is 2. The van der Waals surface area contributed by atoms with E-state index >= 15 is 0 Å². The molecule has 0 aromatic heterocycles. The Bertz CT molecular complexity index is 1150. The monoisotopic (exact) mass is 517 g/mol. The van der Waals surface area contributed by atoms with Crippen molar-refractivity contribution in [2.45, 2.75) is 52.6 Å². The predicted octanol–water partition coefficient (Wildman–Crippen LogP) is 3.83. The highest BCUT2D eigenvalue weighted by Gasteiger charge is 2.32. The maximum absolute atomic E-state index is 13.6. The van der Waals surface area contributed by atoms with Gasteiger partial charge in [-0.05, 0) is 68.5 Å².